The Hall–Kier alpha value is -1.42. The second-order valence-electron chi connectivity index (χ2n) is 3.12. The number of carbonyl (C=O) groups is 1. The van der Waals surface area contributed by atoms with Crippen LogP contribution in [0.5, 0.6) is 0 Å². The van der Waals surface area contributed by atoms with E-state index in [1.165, 1.54) is 7.11 Å². The summed E-state index contributed by atoms with van der Waals surface area (Å²) in [4.78, 5) is 15.0. The summed E-state index contributed by atoms with van der Waals surface area (Å²) in [6.07, 6.45) is 1.88. The second kappa shape index (κ2) is 4.72. The molecule has 0 radical (unpaired) electrons. The average Bonchev–Trinajstić information content (AvgIpc) is 2.17. The number of carbonyl (C=O) groups excluding carboxylic acids is 1. The van der Waals surface area contributed by atoms with Gasteiger partial charge in [0.15, 0.2) is 0 Å². The molecule has 0 saturated heterocycles. The minimum Gasteiger partial charge on any atom is -0.469 e. The molecule has 1 aromatic rings. The topological polar surface area (TPSA) is 65.2 Å². The van der Waals surface area contributed by atoms with Gasteiger partial charge in [-0.2, -0.15) is 0 Å². The summed E-state index contributed by atoms with van der Waals surface area (Å²) >= 11 is 0. The van der Waals surface area contributed by atoms with Gasteiger partial charge in [-0.3, -0.25) is 9.78 Å². The fourth-order valence-corrected chi connectivity index (χ4v) is 1.18. The molecule has 0 amide bonds. The van der Waals surface area contributed by atoms with Crippen LogP contribution in [-0.4, -0.2) is 18.1 Å². The molecule has 1 aromatic heterocycles. The molecule has 0 unspecified atom stereocenters. The number of ether oxygens (including phenoxy) is 1. The van der Waals surface area contributed by atoms with Gasteiger partial charge in [-0.1, -0.05) is 0 Å². The van der Waals surface area contributed by atoms with Gasteiger partial charge < -0.3 is 10.5 Å². The minimum atomic E-state index is -0.316. The first kappa shape index (κ1) is 10.7. The molecule has 0 saturated carbocycles. The highest BCUT2D eigenvalue weighted by atomic mass is 16.5. The molecule has 0 fully saturated rings. The summed E-state index contributed by atoms with van der Waals surface area (Å²) in [5, 5.41) is 0. The third kappa shape index (κ3) is 2.81. The van der Waals surface area contributed by atoms with Crippen LogP contribution in [-0.2, 0) is 9.53 Å². The van der Waals surface area contributed by atoms with E-state index in [1.54, 1.807) is 12.3 Å². The van der Waals surface area contributed by atoms with Gasteiger partial charge in [0, 0.05) is 17.9 Å². The van der Waals surface area contributed by atoms with Crippen LogP contribution in [0.3, 0.4) is 0 Å². The highest BCUT2D eigenvalue weighted by molar-refractivity contribution is 5.70. The monoisotopic (exact) mass is 194 g/mol. The second-order valence-corrected chi connectivity index (χ2v) is 3.12. The Morgan fingerprint density at radius 1 is 1.71 bits per heavy atom. The van der Waals surface area contributed by atoms with Crippen molar-refractivity contribution < 1.29 is 9.53 Å². The van der Waals surface area contributed by atoms with Crippen molar-refractivity contribution >= 4 is 5.97 Å². The number of nitrogens with two attached hydrogens (primary N) is 1. The summed E-state index contributed by atoms with van der Waals surface area (Å²) in [6.45, 7) is 1.88. The zero-order valence-electron chi connectivity index (χ0n) is 8.36. The predicted octanol–water partition coefficient (Wildman–Crippen LogP) is 0.953. The molecule has 76 valence electrons. The Morgan fingerprint density at radius 3 is 3.00 bits per heavy atom. The van der Waals surface area contributed by atoms with E-state index in [1.807, 2.05) is 13.0 Å². The lowest BCUT2D eigenvalue weighted by atomic mass is 10.1. The molecule has 0 aliphatic rings. The van der Waals surface area contributed by atoms with Crippen molar-refractivity contribution in [3.8, 4) is 0 Å². The van der Waals surface area contributed by atoms with Gasteiger partial charge in [-0.15, -0.1) is 0 Å². The van der Waals surface area contributed by atoms with E-state index in [2.05, 4.69) is 9.72 Å². The lowest BCUT2D eigenvalue weighted by Crippen LogP contribution is -2.16. The lowest BCUT2D eigenvalue weighted by molar-refractivity contribution is -0.141. The summed E-state index contributed by atoms with van der Waals surface area (Å²) < 4.78 is 4.54. The van der Waals surface area contributed by atoms with Gasteiger partial charge in [0.25, 0.3) is 0 Å². The van der Waals surface area contributed by atoms with Gasteiger partial charge in [-0.25, -0.2) is 0 Å². The zero-order valence-corrected chi connectivity index (χ0v) is 8.36. The van der Waals surface area contributed by atoms with E-state index in [0.717, 1.165) is 11.3 Å². The molecular formula is C10H14N2O2. The molecule has 4 heteroatoms. The largest absolute Gasteiger partial charge is 0.469 e. The lowest BCUT2D eigenvalue weighted by Gasteiger charge is -2.10. The molecule has 1 rings (SSSR count). The summed E-state index contributed by atoms with van der Waals surface area (Å²) in [6, 6.07) is 3.36. The van der Waals surface area contributed by atoms with Crippen LogP contribution < -0.4 is 5.73 Å². The van der Waals surface area contributed by atoms with E-state index >= 15 is 0 Å². The highest BCUT2D eigenvalue weighted by Crippen LogP contribution is 2.14. The molecule has 0 aliphatic heterocycles. The smallest absolute Gasteiger partial charge is 0.307 e. The van der Waals surface area contributed by atoms with Crippen LogP contribution in [0.25, 0.3) is 0 Å². The number of hydrogen-bond donors (Lipinski definition) is 1. The van der Waals surface area contributed by atoms with Crippen molar-refractivity contribution in [2.75, 3.05) is 7.11 Å². The number of aryl methyl sites for hydroxylation is 1. The number of nitrogens with zero attached hydrogens (tertiary/aromatic N) is 1. The van der Waals surface area contributed by atoms with Gasteiger partial charge >= 0.3 is 5.97 Å². The molecule has 0 spiro atoms. The van der Waals surface area contributed by atoms with Gasteiger partial charge in [0.05, 0.1) is 13.5 Å². The van der Waals surface area contributed by atoms with Crippen LogP contribution in [0.4, 0.5) is 0 Å². The van der Waals surface area contributed by atoms with E-state index in [0.29, 0.717) is 0 Å². The summed E-state index contributed by atoms with van der Waals surface area (Å²) in [5.41, 5.74) is 7.61. The molecule has 2 N–H and O–H groups in total. The highest BCUT2D eigenvalue weighted by Gasteiger charge is 2.11. The molecule has 1 heterocycles. The SMILES string of the molecule is COC(=O)C[C@@H](N)c1ccnc(C)c1. The molecule has 4 nitrogen and oxygen atoms in total. The van der Waals surface area contributed by atoms with Crippen molar-refractivity contribution in [3.05, 3.63) is 29.6 Å². The number of aromatic nitrogens is 1. The van der Waals surface area contributed by atoms with E-state index < -0.39 is 0 Å². The maximum Gasteiger partial charge on any atom is 0.307 e. The maximum atomic E-state index is 11.0. The van der Waals surface area contributed by atoms with Crippen molar-refractivity contribution in [2.24, 2.45) is 5.73 Å². The Balaban J connectivity index is 2.69. The third-order valence-corrected chi connectivity index (χ3v) is 1.96. The normalized spacial score (nSPS) is 12.2. The van der Waals surface area contributed by atoms with Crippen molar-refractivity contribution in [3.63, 3.8) is 0 Å². The van der Waals surface area contributed by atoms with Crippen LogP contribution in [0.15, 0.2) is 18.3 Å². The standard InChI is InChI=1S/C10H14N2O2/c1-7-5-8(3-4-12-7)9(11)6-10(13)14-2/h3-5,9H,6,11H2,1-2H3/t9-/m1/s1. The Bertz CT molecular complexity index is 326. The fourth-order valence-electron chi connectivity index (χ4n) is 1.18. The van der Waals surface area contributed by atoms with Crippen LogP contribution >= 0.6 is 0 Å². The third-order valence-electron chi connectivity index (χ3n) is 1.96. The number of methoxy groups -OCH3 is 1. The van der Waals surface area contributed by atoms with Crippen molar-refractivity contribution in [2.45, 2.75) is 19.4 Å². The first-order valence-electron chi connectivity index (χ1n) is 4.38. The van der Waals surface area contributed by atoms with E-state index in [4.69, 9.17) is 5.73 Å². The van der Waals surface area contributed by atoms with Crippen LogP contribution in [0, 0.1) is 6.92 Å². The predicted molar refractivity (Wildman–Crippen MR) is 52.5 cm³/mol. The number of hydrogen-bond acceptors (Lipinski definition) is 4. The number of pyridine rings is 1. The van der Waals surface area contributed by atoms with Gasteiger partial charge in [0.2, 0.25) is 0 Å². The van der Waals surface area contributed by atoms with Crippen LogP contribution in [0.2, 0.25) is 0 Å². The maximum absolute atomic E-state index is 11.0. The fraction of sp³-hybridized carbons (Fsp3) is 0.400. The molecule has 0 bridgehead atoms. The Labute approximate surface area is 83.1 Å². The molecule has 1 atom stereocenters. The number of esters is 1. The Morgan fingerprint density at radius 2 is 2.43 bits per heavy atom. The van der Waals surface area contributed by atoms with Crippen molar-refractivity contribution in [1.29, 1.82) is 0 Å². The minimum absolute atomic E-state index is 0.194. The van der Waals surface area contributed by atoms with Crippen LogP contribution in [0.1, 0.15) is 23.7 Å². The molecular weight excluding hydrogens is 180 g/mol. The summed E-state index contributed by atoms with van der Waals surface area (Å²) in [5.74, 6) is -0.299. The number of rotatable bonds is 3. The Kier molecular flexibility index (Phi) is 3.59. The van der Waals surface area contributed by atoms with Gasteiger partial charge in [0.1, 0.15) is 0 Å². The molecule has 0 aliphatic carbocycles. The molecule has 0 aromatic carbocycles. The summed E-state index contributed by atoms with van der Waals surface area (Å²) in [7, 11) is 1.35. The van der Waals surface area contributed by atoms with E-state index in [9.17, 15) is 4.79 Å². The van der Waals surface area contributed by atoms with Crippen molar-refractivity contribution in [1.82, 2.24) is 4.98 Å². The zero-order chi connectivity index (χ0) is 10.6. The quantitative estimate of drug-likeness (QED) is 0.727. The molecule has 14 heavy (non-hydrogen) atoms. The van der Waals surface area contributed by atoms with Gasteiger partial charge in [-0.05, 0) is 24.6 Å². The first-order valence-corrected chi connectivity index (χ1v) is 4.38. The first-order chi connectivity index (χ1) is 6.63. The average molecular weight is 194 g/mol. The van der Waals surface area contributed by atoms with E-state index in [-0.39, 0.29) is 18.4 Å².